The fourth-order valence-electron chi connectivity index (χ4n) is 2.18. The van der Waals surface area contributed by atoms with Gasteiger partial charge in [0.1, 0.15) is 5.75 Å². The minimum absolute atomic E-state index is 0.232. The van der Waals surface area contributed by atoms with Gasteiger partial charge in [0, 0.05) is 12.1 Å². The maximum absolute atomic E-state index is 12.2. The summed E-state index contributed by atoms with van der Waals surface area (Å²) in [7, 11) is -3.99. The average molecular weight is 391 g/mol. The molecule has 144 valence electrons. The number of hydrogen-bond donors (Lipinski definition) is 1. The fraction of sp³-hybridized carbons (Fsp3) is 0.278. The van der Waals surface area contributed by atoms with Crippen molar-refractivity contribution in [2.45, 2.75) is 31.1 Å². The number of unbranched alkanes of at least 4 members (excludes halogenated alkanes) is 2. The first-order valence-electron chi connectivity index (χ1n) is 8.44. The van der Waals surface area contributed by atoms with Crippen LogP contribution in [0.2, 0.25) is 0 Å². The zero-order valence-corrected chi connectivity index (χ0v) is 15.7. The Hall–Kier alpha value is -2.94. The van der Waals surface area contributed by atoms with Crippen molar-refractivity contribution >= 4 is 21.9 Å². The standard InChI is InChI=1S/C18H21N3O5S/c1-2-3-4-12-26-17-10-8-15(9-11-17)14-19-20-27(24,25)18-7-5-6-16(13-18)21(22)23/h5-11,13-14,20H,2-4,12H2,1H3/b19-14+. The van der Waals surface area contributed by atoms with Crippen molar-refractivity contribution in [3.63, 3.8) is 0 Å². The molecule has 0 radical (unpaired) electrons. The predicted molar refractivity (Wildman–Crippen MR) is 102 cm³/mol. The van der Waals surface area contributed by atoms with Gasteiger partial charge in [-0.1, -0.05) is 25.8 Å². The first-order valence-corrected chi connectivity index (χ1v) is 9.93. The quantitative estimate of drug-likeness (QED) is 0.288. The first-order chi connectivity index (χ1) is 12.9. The molecule has 0 fully saturated rings. The van der Waals surface area contributed by atoms with Crippen LogP contribution in [0.15, 0.2) is 58.5 Å². The van der Waals surface area contributed by atoms with Gasteiger partial charge in [0.25, 0.3) is 15.7 Å². The van der Waals surface area contributed by atoms with Crippen molar-refractivity contribution in [3.8, 4) is 5.75 Å². The van der Waals surface area contributed by atoms with E-state index in [9.17, 15) is 18.5 Å². The molecule has 0 bridgehead atoms. The smallest absolute Gasteiger partial charge is 0.276 e. The van der Waals surface area contributed by atoms with Gasteiger partial charge >= 0.3 is 0 Å². The zero-order chi connectivity index (χ0) is 19.7. The third-order valence-corrected chi connectivity index (χ3v) is 4.84. The summed E-state index contributed by atoms with van der Waals surface area (Å²) < 4.78 is 29.9. The summed E-state index contributed by atoms with van der Waals surface area (Å²) in [6, 6.07) is 11.8. The molecule has 27 heavy (non-hydrogen) atoms. The molecule has 0 saturated heterocycles. The second-order valence-electron chi connectivity index (χ2n) is 5.73. The van der Waals surface area contributed by atoms with Crippen LogP contribution in [-0.2, 0) is 10.0 Å². The summed E-state index contributed by atoms with van der Waals surface area (Å²) in [4.78, 5) is 11.9. The van der Waals surface area contributed by atoms with Gasteiger partial charge < -0.3 is 4.74 Å². The number of non-ortho nitro benzene ring substituents is 1. The summed E-state index contributed by atoms with van der Waals surface area (Å²) in [5, 5.41) is 14.5. The molecule has 2 rings (SSSR count). The molecule has 0 amide bonds. The van der Waals surface area contributed by atoms with E-state index in [0.29, 0.717) is 12.2 Å². The van der Waals surface area contributed by atoms with Gasteiger partial charge in [-0.15, -0.1) is 0 Å². The minimum atomic E-state index is -3.99. The number of nitrogens with zero attached hydrogens (tertiary/aromatic N) is 2. The normalized spacial score (nSPS) is 11.4. The van der Waals surface area contributed by atoms with E-state index >= 15 is 0 Å². The highest BCUT2D eigenvalue weighted by molar-refractivity contribution is 7.89. The maximum Gasteiger partial charge on any atom is 0.276 e. The molecule has 2 aromatic rings. The molecule has 0 saturated carbocycles. The Labute approximate surface area is 158 Å². The Balaban J connectivity index is 1.96. The molecule has 0 spiro atoms. The highest BCUT2D eigenvalue weighted by atomic mass is 32.2. The summed E-state index contributed by atoms with van der Waals surface area (Å²) in [6.07, 6.45) is 4.59. The largest absolute Gasteiger partial charge is 0.494 e. The van der Waals surface area contributed by atoms with Crippen molar-refractivity contribution in [1.29, 1.82) is 0 Å². The molecule has 0 aliphatic carbocycles. The Morgan fingerprint density at radius 1 is 1.19 bits per heavy atom. The molecule has 0 atom stereocenters. The number of ether oxygens (including phenoxy) is 1. The van der Waals surface area contributed by atoms with E-state index < -0.39 is 14.9 Å². The minimum Gasteiger partial charge on any atom is -0.494 e. The summed E-state index contributed by atoms with van der Waals surface area (Å²) in [6.45, 7) is 2.78. The lowest BCUT2D eigenvalue weighted by Gasteiger charge is -2.05. The summed E-state index contributed by atoms with van der Waals surface area (Å²) in [5.41, 5.74) is 0.369. The number of nitro benzene ring substituents is 1. The van der Waals surface area contributed by atoms with Crippen molar-refractivity contribution in [2.24, 2.45) is 5.10 Å². The monoisotopic (exact) mass is 391 g/mol. The van der Waals surface area contributed by atoms with Crippen molar-refractivity contribution in [1.82, 2.24) is 4.83 Å². The molecule has 1 N–H and O–H groups in total. The van der Waals surface area contributed by atoms with Crippen LogP contribution in [0, 0.1) is 10.1 Å². The average Bonchev–Trinajstić information content (AvgIpc) is 2.66. The van der Waals surface area contributed by atoms with Gasteiger partial charge in [-0.05, 0) is 42.3 Å². The van der Waals surface area contributed by atoms with Gasteiger partial charge in [-0.3, -0.25) is 10.1 Å². The Kier molecular flexibility index (Phi) is 7.30. The molecule has 8 nitrogen and oxygen atoms in total. The van der Waals surface area contributed by atoms with Crippen molar-refractivity contribution < 1.29 is 18.1 Å². The number of hydrogen-bond acceptors (Lipinski definition) is 6. The van der Waals surface area contributed by atoms with Crippen LogP contribution in [0.1, 0.15) is 31.7 Å². The molecular weight excluding hydrogens is 370 g/mol. The summed E-state index contributed by atoms with van der Waals surface area (Å²) in [5.74, 6) is 0.737. The van der Waals surface area contributed by atoms with Gasteiger partial charge in [-0.25, -0.2) is 4.83 Å². The Morgan fingerprint density at radius 3 is 2.59 bits per heavy atom. The number of benzene rings is 2. The fourth-order valence-corrected chi connectivity index (χ4v) is 3.01. The van der Waals surface area contributed by atoms with E-state index in [2.05, 4.69) is 12.0 Å². The van der Waals surface area contributed by atoms with E-state index in [1.807, 2.05) is 4.83 Å². The van der Waals surface area contributed by atoms with Crippen LogP contribution in [0.5, 0.6) is 5.75 Å². The predicted octanol–water partition coefficient (Wildman–Crippen LogP) is 3.48. The van der Waals surface area contributed by atoms with Crippen molar-refractivity contribution in [3.05, 3.63) is 64.2 Å². The topological polar surface area (TPSA) is 111 Å². The molecule has 0 aliphatic rings. The van der Waals surface area contributed by atoms with Crippen molar-refractivity contribution in [2.75, 3.05) is 6.61 Å². The Morgan fingerprint density at radius 2 is 1.93 bits per heavy atom. The highest BCUT2D eigenvalue weighted by Crippen LogP contribution is 2.17. The number of rotatable bonds is 10. The van der Waals surface area contributed by atoms with Gasteiger partial charge in [0.15, 0.2) is 0 Å². The number of hydrazone groups is 1. The second-order valence-corrected chi connectivity index (χ2v) is 7.39. The van der Waals surface area contributed by atoms with Gasteiger partial charge in [0.05, 0.1) is 22.6 Å². The first kappa shape index (κ1) is 20.4. The molecule has 0 aliphatic heterocycles. The zero-order valence-electron chi connectivity index (χ0n) is 14.9. The molecule has 9 heteroatoms. The van der Waals surface area contributed by atoms with Crippen LogP contribution in [0.3, 0.4) is 0 Å². The number of nitrogens with one attached hydrogen (secondary N) is 1. The molecule has 2 aromatic carbocycles. The SMILES string of the molecule is CCCCCOc1ccc(/C=N/NS(=O)(=O)c2cccc([N+](=O)[O-])c2)cc1. The van der Waals surface area contributed by atoms with E-state index in [4.69, 9.17) is 4.74 Å². The second kappa shape index (κ2) is 9.67. The molecule has 0 heterocycles. The van der Waals surface area contributed by atoms with Crippen LogP contribution in [-0.4, -0.2) is 26.2 Å². The lowest BCUT2D eigenvalue weighted by atomic mass is 10.2. The van der Waals surface area contributed by atoms with E-state index in [1.54, 1.807) is 24.3 Å². The van der Waals surface area contributed by atoms with E-state index in [0.717, 1.165) is 31.1 Å². The lowest BCUT2D eigenvalue weighted by molar-refractivity contribution is -0.385. The maximum atomic E-state index is 12.2. The van der Waals surface area contributed by atoms with Gasteiger partial charge in [-0.2, -0.15) is 13.5 Å². The van der Waals surface area contributed by atoms with Crippen LogP contribution in [0.25, 0.3) is 0 Å². The third-order valence-electron chi connectivity index (χ3n) is 3.62. The van der Waals surface area contributed by atoms with E-state index in [-0.39, 0.29) is 10.6 Å². The van der Waals surface area contributed by atoms with E-state index in [1.165, 1.54) is 24.4 Å². The van der Waals surface area contributed by atoms with Crippen LogP contribution >= 0.6 is 0 Å². The third kappa shape index (κ3) is 6.37. The number of sulfonamides is 1. The molecule has 0 unspecified atom stereocenters. The van der Waals surface area contributed by atoms with Gasteiger partial charge in [0.2, 0.25) is 0 Å². The highest BCUT2D eigenvalue weighted by Gasteiger charge is 2.16. The van der Waals surface area contributed by atoms with Crippen LogP contribution in [0.4, 0.5) is 5.69 Å². The van der Waals surface area contributed by atoms with Crippen LogP contribution < -0.4 is 9.57 Å². The summed E-state index contributed by atoms with van der Waals surface area (Å²) >= 11 is 0. The molecular formula is C18H21N3O5S. The number of nitro groups is 1. The lowest BCUT2D eigenvalue weighted by Crippen LogP contribution is -2.18. The Bertz CT molecular complexity index is 895. The molecule has 0 aromatic heterocycles.